The molecule has 1 atom stereocenters. The predicted octanol–water partition coefficient (Wildman–Crippen LogP) is 2.57. The first kappa shape index (κ1) is 13.1. The summed E-state index contributed by atoms with van der Waals surface area (Å²) >= 11 is 3.24. The minimum absolute atomic E-state index is 0.0567. The van der Waals surface area contributed by atoms with Gasteiger partial charge in [0.25, 0.3) is 0 Å². The molecule has 98 valence electrons. The minimum atomic E-state index is -0.443. The van der Waals surface area contributed by atoms with Gasteiger partial charge < -0.3 is 14.8 Å². The van der Waals surface area contributed by atoms with Gasteiger partial charge in [0, 0.05) is 6.61 Å². The van der Waals surface area contributed by atoms with Gasteiger partial charge in [0.15, 0.2) is 0 Å². The Kier molecular flexibility index (Phi) is 4.03. The van der Waals surface area contributed by atoms with Gasteiger partial charge in [-0.3, -0.25) is 10.1 Å². The molecule has 18 heavy (non-hydrogen) atoms. The molecule has 0 radical (unpaired) electrons. The third-order valence-corrected chi connectivity index (χ3v) is 3.38. The van der Waals surface area contributed by atoms with Crippen molar-refractivity contribution in [1.29, 1.82) is 0 Å². The van der Waals surface area contributed by atoms with Crippen LogP contribution in [0.15, 0.2) is 16.6 Å². The number of nitro groups is 1. The lowest BCUT2D eigenvalue weighted by atomic mass is 10.2. The molecule has 1 aliphatic heterocycles. The van der Waals surface area contributed by atoms with E-state index in [-0.39, 0.29) is 17.5 Å². The number of nitrogens with zero attached hydrogens (tertiary/aromatic N) is 1. The number of nitro benzene ring substituents is 1. The van der Waals surface area contributed by atoms with Crippen molar-refractivity contribution in [2.45, 2.75) is 12.5 Å². The van der Waals surface area contributed by atoms with Crippen LogP contribution in [0.5, 0.6) is 5.75 Å². The normalized spacial score (nSPS) is 18.7. The van der Waals surface area contributed by atoms with Gasteiger partial charge in [-0.05, 0) is 34.5 Å². The Balaban J connectivity index is 2.36. The number of ether oxygens (including phenoxy) is 2. The van der Waals surface area contributed by atoms with Crippen molar-refractivity contribution in [2.24, 2.45) is 0 Å². The summed E-state index contributed by atoms with van der Waals surface area (Å²) in [7, 11) is 1.41. The van der Waals surface area contributed by atoms with Crippen LogP contribution >= 0.6 is 15.9 Å². The van der Waals surface area contributed by atoms with Crippen LogP contribution in [0.2, 0.25) is 0 Å². The minimum Gasteiger partial charge on any atom is -0.489 e. The first-order valence-corrected chi connectivity index (χ1v) is 6.28. The molecule has 0 aliphatic carbocycles. The quantitative estimate of drug-likeness (QED) is 0.682. The molecule has 0 spiro atoms. The molecule has 1 unspecified atom stereocenters. The Morgan fingerprint density at radius 3 is 2.94 bits per heavy atom. The van der Waals surface area contributed by atoms with Gasteiger partial charge in [0.2, 0.25) is 5.75 Å². The largest absolute Gasteiger partial charge is 0.489 e. The second-order valence-electron chi connectivity index (χ2n) is 3.94. The molecule has 0 aromatic heterocycles. The molecule has 1 heterocycles. The summed E-state index contributed by atoms with van der Waals surface area (Å²) < 4.78 is 10.9. The number of anilines is 1. The van der Waals surface area contributed by atoms with Crippen LogP contribution in [0.4, 0.5) is 11.4 Å². The molecule has 6 nitrogen and oxygen atoms in total. The average Bonchev–Trinajstić information content (AvgIpc) is 2.83. The fourth-order valence-electron chi connectivity index (χ4n) is 1.91. The molecule has 0 amide bonds. The van der Waals surface area contributed by atoms with E-state index in [1.807, 2.05) is 0 Å². The molecule has 0 bridgehead atoms. The van der Waals surface area contributed by atoms with Crippen LogP contribution in [0.3, 0.4) is 0 Å². The van der Waals surface area contributed by atoms with Crippen LogP contribution in [0.25, 0.3) is 0 Å². The summed E-state index contributed by atoms with van der Waals surface area (Å²) in [5.41, 5.74) is 0.398. The average molecular weight is 317 g/mol. The lowest BCUT2D eigenvalue weighted by Gasteiger charge is -2.14. The van der Waals surface area contributed by atoms with Crippen molar-refractivity contribution in [2.75, 3.05) is 25.6 Å². The van der Waals surface area contributed by atoms with E-state index in [2.05, 4.69) is 21.2 Å². The Labute approximate surface area is 113 Å². The molecule has 1 saturated heterocycles. The van der Waals surface area contributed by atoms with Gasteiger partial charge in [0.1, 0.15) is 5.69 Å². The molecule has 7 heteroatoms. The van der Waals surface area contributed by atoms with Crippen molar-refractivity contribution in [3.8, 4) is 5.75 Å². The molecule has 1 fully saturated rings. The summed E-state index contributed by atoms with van der Waals surface area (Å²) in [4.78, 5) is 10.7. The molecule has 1 aromatic carbocycles. The Morgan fingerprint density at radius 1 is 1.61 bits per heavy atom. The van der Waals surface area contributed by atoms with Gasteiger partial charge in [-0.25, -0.2) is 0 Å². The Morgan fingerprint density at radius 2 is 2.39 bits per heavy atom. The number of nitrogens with one attached hydrogen (secondary N) is 1. The fraction of sp³-hybridized carbons (Fsp3) is 0.455. The lowest BCUT2D eigenvalue weighted by Crippen LogP contribution is -2.19. The maximum atomic E-state index is 11.2. The van der Waals surface area contributed by atoms with Gasteiger partial charge >= 0.3 is 5.69 Å². The summed E-state index contributed by atoms with van der Waals surface area (Å²) in [6, 6.07) is 3.50. The van der Waals surface area contributed by atoms with E-state index < -0.39 is 4.92 Å². The van der Waals surface area contributed by atoms with E-state index in [4.69, 9.17) is 9.47 Å². The maximum absolute atomic E-state index is 11.2. The second kappa shape index (κ2) is 5.53. The van der Waals surface area contributed by atoms with Gasteiger partial charge in [0.05, 0.1) is 29.2 Å². The third kappa shape index (κ3) is 2.56. The smallest absolute Gasteiger partial charge is 0.334 e. The van der Waals surface area contributed by atoms with E-state index in [1.165, 1.54) is 7.11 Å². The number of halogens is 1. The van der Waals surface area contributed by atoms with Crippen LogP contribution < -0.4 is 10.1 Å². The molecule has 1 aliphatic rings. The number of rotatable bonds is 4. The zero-order chi connectivity index (χ0) is 13.1. The number of methoxy groups -OCH3 is 1. The van der Waals surface area contributed by atoms with E-state index in [9.17, 15) is 10.1 Å². The predicted molar refractivity (Wildman–Crippen MR) is 70.2 cm³/mol. The lowest BCUT2D eigenvalue weighted by molar-refractivity contribution is -0.384. The van der Waals surface area contributed by atoms with Gasteiger partial charge in [-0.2, -0.15) is 0 Å². The Bertz CT molecular complexity index is 461. The first-order valence-electron chi connectivity index (χ1n) is 5.48. The zero-order valence-electron chi connectivity index (χ0n) is 9.81. The third-order valence-electron chi connectivity index (χ3n) is 2.76. The second-order valence-corrected chi connectivity index (χ2v) is 4.79. The highest BCUT2D eigenvalue weighted by Gasteiger charge is 2.26. The highest BCUT2D eigenvalue weighted by molar-refractivity contribution is 9.10. The number of hydrogen-bond donors (Lipinski definition) is 1. The molecule has 1 N–H and O–H groups in total. The molecule has 2 rings (SSSR count). The van der Waals surface area contributed by atoms with E-state index in [0.717, 1.165) is 6.42 Å². The van der Waals surface area contributed by atoms with E-state index in [1.54, 1.807) is 12.1 Å². The summed E-state index contributed by atoms with van der Waals surface area (Å²) in [5.74, 6) is 0.226. The van der Waals surface area contributed by atoms with Crippen LogP contribution in [-0.2, 0) is 4.74 Å². The zero-order valence-corrected chi connectivity index (χ0v) is 11.4. The maximum Gasteiger partial charge on any atom is 0.334 e. The first-order chi connectivity index (χ1) is 8.63. The van der Waals surface area contributed by atoms with Crippen LogP contribution in [0.1, 0.15) is 6.42 Å². The molecular weight excluding hydrogens is 304 g/mol. The van der Waals surface area contributed by atoms with Crippen molar-refractivity contribution < 1.29 is 14.4 Å². The summed E-state index contributed by atoms with van der Waals surface area (Å²) in [6.07, 6.45) is 0.843. The molecular formula is C11H13BrN2O4. The monoisotopic (exact) mass is 316 g/mol. The van der Waals surface area contributed by atoms with E-state index in [0.29, 0.717) is 23.4 Å². The highest BCUT2D eigenvalue weighted by atomic mass is 79.9. The fourth-order valence-corrected chi connectivity index (χ4v) is 2.39. The summed E-state index contributed by atoms with van der Waals surface area (Å²) in [6.45, 7) is 1.24. The topological polar surface area (TPSA) is 73.6 Å². The van der Waals surface area contributed by atoms with Crippen molar-refractivity contribution in [1.82, 2.24) is 0 Å². The Hall–Kier alpha value is -1.34. The standard InChI is InChI=1S/C11H13BrN2O4/c1-17-11-8(12)2-3-9(10(11)14(15)16)13-7-4-5-18-6-7/h2-3,7,13H,4-6H2,1H3. The van der Waals surface area contributed by atoms with Crippen molar-refractivity contribution in [3.05, 3.63) is 26.7 Å². The molecule has 1 aromatic rings. The van der Waals surface area contributed by atoms with Crippen LogP contribution in [0, 0.1) is 10.1 Å². The number of benzene rings is 1. The van der Waals surface area contributed by atoms with Crippen molar-refractivity contribution in [3.63, 3.8) is 0 Å². The SMILES string of the molecule is COc1c(Br)ccc(NC2CCOC2)c1[N+](=O)[O-]. The van der Waals surface area contributed by atoms with Gasteiger partial charge in [-0.1, -0.05) is 0 Å². The van der Waals surface area contributed by atoms with Crippen molar-refractivity contribution >= 4 is 27.3 Å². The van der Waals surface area contributed by atoms with E-state index >= 15 is 0 Å². The summed E-state index contributed by atoms with van der Waals surface area (Å²) in [5, 5.41) is 14.3. The highest BCUT2D eigenvalue weighted by Crippen LogP contribution is 2.41. The van der Waals surface area contributed by atoms with Crippen LogP contribution in [-0.4, -0.2) is 31.3 Å². The van der Waals surface area contributed by atoms with Gasteiger partial charge in [-0.15, -0.1) is 0 Å². The molecule has 0 saturated carbocycles. The number of hydrogen-bond acceptors (Lipinski definition) is 5.